The van der Waals surface area contributed by atoms with E-state index in [-0.39, 0.29) is 12.4 Å². The number of rotatable bonds is 6. The molecule has 0 aliphatic rings. The van der Waals surface area contributed by atoms with Crippen LogP contribution in [0.15, 0.2) is 41.8 Å². The molecule has 19 heavy (non-hydrogen) atoms. The normalized spacial score (nSPS) is 14.3. The molecule has 0 aliphatic heterocycles. The van der Waals surface area contributed by atoms with Crippen LogP contribution in [0, 0.1) is 5.82 Å². The summed E-state index contributed by atoms with van der Waals surface area (Å²) in [5, 5.41) is 15.0. The van der Waals surface area contributed by atoms with Crippen LogP contribution in [0.4, 0.5) is 4.39 Å². The van der Waals surface area contributed by atoms with Gasteiger partial charge in [-0.15, -0.1) is 11.3 Å². The number of halogens is 1. The van der Waals surface area contributed by atoms with Crippen molar-refractivity contribution in [2.75, 3.05) is 6.61 Å². The number of aliphatic hydroxyl groups excluding tert-OH is 1. The van der Waals surface area contributed by atoms with E-state index in [1.165, 1.54) is 17.0 Å². The highest BCUT2D eigenvalue weighted by molar-refractivity contribution is 7.09. The molecule has 1 atom stereocenters. The topological polar surface area (TPSA) is 32.3 Å². The highest BCUT2D eigenvalue weighted by Crippen LogP contribution is 2.16. The van der Waals surface area contributed by atoms with Crippen molar-refractivity contribution in [3.8, 4) is 0 Å². The van der Waals surface area contributed by atoms with Gasteiger partial charge in [0.05, 0.1) is 6.61 Å². The predicted octanol–water partition coefficient (Wildman–Crippen LogP) is 2.97. The van der Waals surface area contributed by atoms with Gasteiger partial charge >= 0.3 is 0 Å². The van der Waals surface area contributed by atoms with Gasteiger partial charge in [0.2, 0.25) is 0 Å². The van der Waals surface area contributed by atoms with Crippen molar-refractivity contribution in [2.45, 2.75) is 25.4 Å². The van der Waals surface area contributed by atoms with E-state index in [0.717, 1.165) is 5.56 Å². The van der Waals surface area contributed by atoms with E-state index < -0.39 is 5.54 Å². The van der Waals surface area contributed by atoms with Crippen LogP contribution in [-0.4, -0.2) is 17.3 Å². The fourth-order valence-electron chi connectivity index (χ4n) is 1.99. The highest BCUT2D eigenvalue weighted by Gasteiger charge is 2.23. The van der Waals surface area contributed by atoms with E-state index >= 15 is 0 Å². The third-order valence-electron chi connectivity index (χ3n) is 3.10. The van der Waals surface area contributed by atoms with E-state index in [0.29, 0.717) is 13.0 Å². The Hall–Kier alpha value is -1.23. The Morgan fingerprint density at radius 1 is 1.32 bits per heavy atom. The molecule has 0 saturated heterocycles. The first-order valence-electron chi connectivity index (χ1n) is 6.24. The van der Waals surface area contributed by atoms with Crippen LogP contribution in [0.2, 0.25) is 0 Å². The number of hydrogen-bond donors (Lipinski definition) is 2. The van der Waals surface area contributed by atoms with Gasteiger partial charge in [-0.2, -0.15) is 0 Å². The number of hydrogen-bond acceptors (Lipinski definition) is 3. The number of nitrogens with one attached hydrogen (secondary N) is 1. The van der Waals surface area contributed by atoms with Crippen LogP contribution in [0.1, 0.15) is 17.4 Å². The molecule has 2 nitrogen and oxygen atoms in total. The fraction of sp³-hybridized carbons (Fsp3) is 0.333. The van der Waals surface area contributed by atoms with Crippen molar-refractivity contribution in [3.63, 3.8) is 0 Å². The molecule has 0 saturated carbocycles. The summed E-state index contributed by atoms with van der Waals surface area (Å²) >= 11 is 1.68. The molecule has 2 N–H and O–H groups in total. The molecule has 1 aromatic heterocycles. The lowest BCUT2D eigenvalue weighted by Gasteiger charge is -2.29. The van der Waals surface area contributed by atoms with E-state index in [4.69, 9.17) is 0 Å². The van der Waals surface area contributed by atoms with Crippen LogP contribution < -0.4 is 5.32 Å². The van der Waals surface area contributed by atoms with Crippen LogP contribution >= 0.6 is 11.3 Å². The first-order chi connectivity index (χ1) is 9.11. The minimum atomic E-state index is -0.447. The summed E-state index contributed by atoms with van der Waals surface area (Å²) in [6.45, 7) is 2.67. The van der Waals surface area contributed by atoms with E-state index in [2.05, 4.69) is 11.4 Å². The molecule has 0 aliphatic carbocycles. The van der Waals surface area contributed by atoms with Crippen LogP contribution in [0.3, 0.4) is 0 Å². The summed E-state index contributed by atoms with van der Waals surface area (Å²) < 4.78 is 13.2. The average Bonchev–Trinajstić information content (AvgIpc) is 2.90. The quantitative estimate of drug-likeness (QED) is 0.852. The Bertz CT molecular complexity index is 515. The third kappa shape index (κ3) is 4.13. The first kappa shape index (κ1) is 14.2. The Balaban J connectivity index is 2.01. The maximum absolute atomic E-state index is 13.2. The van der Waals surface area contributed by atoms with Crippen molar-refractivity contribution in [1.82, 2.24) is 5.32 Å². The van der Waals surface area contributed by atoms with Gasteiger partial charge in [0.15, 0.2) is 0 Å². The Labute approximate surface area is 116 Å². The molecule has 1 unspecified atom stereocenters. The molecule has 2 rings (SSSR count). The molecular formula is C15H18FNOS. The Kier molecular flexibility index (Phi) is 4.69. The lowest BCUT2D eigenvalue weighted by Crippen LogP contribution is -2.47. The SMILES string of the molecule is CC(CO)(Cc1cccc(F)c1)NCc1cccs1. The smallest absolute Gasteiger partial charge is 0.123 e. The van der Waals surface area contributed by atoms with Crippen molar-refractivity contribution in [1.29, 1.82) is 0 Å². The maximum atomic E-state index is 13.2. The second-order valence-electron chi connectivity index (χ2n) is 4.96. The highest BCUT2D eigenvalue weighted by atomic mass is 32.1. The van der Waals surface area contributed by atoms with Crippen molar-refractivity contribution in [2.24, 2.45) is 0 Å². The molecule has 0 bridgehead atoms. The third-order valence-corrected chi connectivity index (χ3v) is 3.98. The minimum Gasteiger partial charge on any atom is -0.394 e. The molecule has 0 amide bonds. The summed E-state index contributed by atoms with van der Waals surface area (Å²) in [5.74, 6) is -0.240. The largest absolute Gasteiger partial charge is 0.394 e. The van der Waals surface area contributed by atoms with Crippen LogP contribution in [-0.2, 0) is 13.0 Å². The zero-order valence-corrected chi connectivity index (χ0v) is 11.7. The van der Waals surface area contributed by atoms with Gasteiger partial charge in [0.1, 0.15) is 5.82 Å². The summed E-state index contributed by atoms with van der Waals surface area (Å²) in [4.78, 5) is 1.22. The molecule has 0 fully saturated rings. The summed E-state index contributed by atoms with van der Waals surface area (Å²) in [5.41, 5.74) is 0.438. The molecule has 1 heterocycles. The Morgan fingerprint density at radius 3 is 2.79 bits per heavy atom. The maximum Gasteiger partial charge on any atom is 0.123 e. The van der Waals surface area contributed by atoms with E-state index in [9.17, 15) is 9.50 Å². The average molecular weight is 279 g/mol. The molecular weight excluding hydrogens is 261 g/mol. The van der Waals surface area contributed by atoms with Crippen molar-refractivity contribution in [3.05, 3.63) is 58.0 Å². The zero-order chi connectivity index (χ0) is 13.7. The minimum absolute atomic E-state index is 0.00882. The second-order valence-corrected chi connectivity index (χ2v) is 5.99. The van der Waals surface area contributed by atoms with E-state index in [1.807, 2.05) is 24.4 Å². The second kappa shape index (κ2) is 6.28. The van der Waals surface area contributed by atoms with Gasteiger partial charge in [-0.1, -0.05) is 18.2 Å². The predicted molar refractivity (Wildman–Crippen MR) is 76.8 cm³/mol. The molecule has 0 radical (unpaired) electrons. The molecule has 0 spiro atoms. The van der Waals surface area contributed by atoms with Gasteiger partial charge in [0, 0.05) is 17.0 Å². The van der Waals surface area contributed by atoms with Gasteiger partial charge in [0.25, 0.3) is 0 Å². The number of aliphatic hydroxyl groups is 1. The van der Waals surface area contributed by atoms with Crippen LogP contribution in [0.5, 0.6) is 0 Å². The zero-order valence-electron chi connectivity index (χ0n) is 10.9. The van der Waals surface area contributed by atoms with Crippen molar-refractivity contribution >= 4 is 11.3 Å². The number of thiophene rings is 1. The first-order valence-corrected chi connectivity index (χ1v) is 7.12. The standard InChI is InChI=1S/C15H18FNOS/c1-15(11-18,17-10-14-6-3-7-19-14)9-12-4-2-5-13(16)8-12/h2-8,17-18H,9-11H2,1H3. The lowest BCUT2D eigenvalue weighted by atomic mass is 9.93. The number of benzene rings is 1. The van der Waals surface area contributed by atoms with Crippen LogP contribution in [0.25, 0.3) is 0 Å². The van der Waals surface area contributed by atoms with Crippen molar-refractivity contribution < 1.29 is 9.50 Å². The lowest BCUT2D eigenvalue weighted by molar-refractivity contribution is 0.172. The van der Waals surface area contributed by atoms with Gasteiger partial charge in [-0.05, 0) is 42.5 Å². The summed E-state index contributed by atoms with van der Waals surface area (Å²) in [6.07, 6.45) is 0.590. The molecule has 2 aromatic rings. The summed E-state index contributed by atoms with van der Waals surface area (Å²) in [7, 11) is 0. The molecule has 4 heteroatoms. The monoisotopic (exact) mass is 279 g/mol. The molecule has 102 valence electrons. The van der Waals surface area contributed by atoms with Gasteiger partial charge in [-0.3, -0.25) is 0 Å². The van der Waals surface area contributed by atoms with E-state index in [1.54, 1.807) is 17.4 Å². The van der Waals surface area contributed by atoms with Gasteiger partial charge in [-0.25, -0.2) is 4.39 Å². The summed E-state index contributed by atoms with van der Waals surface area (Å²) in [6, 6.07) is 10.6. The Morgan fingerprint density at radius 2 is 2.16 bits per heavy atom. The van der Waals surface area contributed by atoms with Gasteiger partial charge < -0.3 is 10.4 Å². The fourth-order valence-corrected chi connectivity index (χ4v) is 2.63. The molecule has 1 aromatic carbocycles.